The second-order valence-corrected chi connectivity index (χ2v) is 10.4. The van der Waals surface area contributed by atoms with Crippen LogP contribution in [0.3, 0.4) is 0 Å². The zero-order chi connectivity index (χ0) is 17.6. The van der Waals surface area contributed by atoms with E-state index in [2.05, 4.69) is 38.3 Å². The van der Waals surface area contributed by atoms with E-state index in [9.17, 15) is 4.79 Å². The molecule has 2 saturated heterocycles. The summed E-state index contributed by atoms with van der Waals surface area (Å²) in [6.07, 6.45) is 7.00. The van der Waals surface area contributed by atoms with Gasteiger partial charge in [-0.3, -0.25) is 9.69 Å². The number of nitrogens with one attached hydrogen (secondary N) is 1. The van der Waals surface area contributed by atoms with Crippen molar-refractivity contribution in [1.29, 1.82) is 0 Å². The number of carbonyl (C=O) groups excluding carboxylic acids is 1. The molecule has 1 aliphatic carbocycles. The normalized spacial score (nSPS) is 27.3. The van der Waals surface area contributed by atoms with E-state index in [1.165, 1.54) is 34.4 Å². The first kappa shape index (κ1) is 17.4. The average molecular weight is 393 g/mol. The average Bonchev–Trinajstić information content (AvgIpc) is 3.45. The molecule has 0 bridgehead atoms. The van der Waals surface area contributed by atoms with Gasteiger partial charge in [-0.25, -0.2) is 4.98 Å². The Kier molecular flexibility index (Phi) is 4.73. The molecular formula is C19H28N4OS2. The van der Waals surface area contributed by atoms with Crippen LogP contribution in [0, 0.1) is 5.92 Å². The minimum absolute atomic E-state index is 0.158. The molecule has 1 saturated carbocycles. The number of rotatable bonds is 2. The molecule has 4 heterocycles. The molecule has 26 heavy (non-hydrogen) atoms. The minimum Gasteiger partial charge on any atom is -0.348 e. The zero-order valence-electron chi connectivity index (χ0n) is 15.3. The quantitative estimate of drug-likeness (QED) is 0.837. The van der Waals surface area contributed by atoms with Gasteiger partial charge in [0, 0.05) is 66.7 Å². The zero-order valence-corrected chi connectivity index (χ0v) is 16.9. The van der Waals surface area contributed by atoms with Gasteiger partial charge in [0.2, 0.25) is 5.91 Å². The van der Waals surface area contributed by atoms with Crippen molar-refractivity contribution < 1.29 is 4.79 Å². The fourth-order valence-corrected chi connectivity index (χ4v) is 7.56. The molecule has 1 aromatic heterocycles. The molecule has 1 spiro atoms. The molecule has 142 valence electrons. The predicted molar refractivity (Wildman–Crippen MR) is 108 cm³/mol. The van der Waals surface area contributed by atoms with Gasteiger partial charge in [0.1, 0.15) is 0 Å². The Labute approximate surface area is 164 Å². The number of aromatic amines is 1. The van der Waals surface area contributed by atoms with Gasteiger partial charge in [0.05, 0.1) is 17.6 Å². The van der Waals surface area contributed by atoms with E-state index in [4.69, 9.17) is 4.98 Å². The number of H-pyrrole nitrogens is 1. The molecule has 1 amide bonds. The topological polar surface area (TPSA) is 52.2 Å². The third-order valence-corrected chi connectivity index (χ3v) is 9.07. The summed E-state index contributed by atoms with van der Waals surface area (Å²) in [5.74, 6) is 5.79. The second kappa shape index (κ2) is 7.06. The molecule has 0 atom stereocenters. The summed E-state index contributed by atoms with van der Waals surface area (Å²) >= 11 is 4.22. The van der Waals surface area contributed by atoms with E-state index in [-0.39, 0.29) is 5.54 Å². The first-order valence-electron chi connectivity index (χ1n) is 10.0. The van der Waals surface area contributed by atoms with Crippen LogP contribution in [0.4, 0.5) is 0 Å². The third kappa shape index (κ3) is 3.00. The summed E-state index contributed by atoms with van der Waals surface area (Å²) in [6.45, 7) is 3.04. The Balaban J connectivity index is 1.38. The molecule has 3 aliphatic heterocycles. The molecule has 4 aliphatic rings. The minimum atomic E-state index is -0.158. The van der Waals surface area contributed by atoms with Crippen LogP contribution in [0.2, 0.25) is 0 Å². The van der Waals surface area contributed by atoms with Gasteiger partial charge >= 0.3 is 0 Å². The van der Waals surface area contributed by atoms with Crippen molar-refractivity contribution in [3.05, 3.63) is 17.7 Å². The van der Waals surface area contributed by atoms with Gasteiger partial charge in [0.15, 0.2) is 0 Å². The van der Waals surface area contributed by atoms with Gasteiger partial charge in [-0.2, -0.15) is 23.5 Å². The number of amides is 1. The van der Waals surface area contributed by atoms with Crippen molar-refractivity contribution in [2.75, 3.05) is 42.6 Å². The van der Waals surface area contributed by atoms with Crippen molar-refractivity contribution in [2.45, 2.75) is 43.7 Å². The molecule has 0 aromatic carbocycles. The second-order valence-electron chi connectivity index (χ2n) is 8.12. The standard InChI is InChI=1S/C19H28N4OS2/c24-18(14-1-2-14)23-6-3-16-17(21-13-20-16)19(23)4-7-22(8-5-19)15-11-25-9-10-26-12-15/h13-15H,1-12H2,(H,20,21). The molecule has 1 N–H and O–H groups in total. The lowest BCUT2D eigenvalue weighted by molar-refractivity contribution is -0.143. The molecular weight excluding hydrogens is 364 g/mol. The van der Waals surface area contributed by atoms with Crippen LogP contribution in [-0.2, 0) is 16.8 Å². The number of aromatic nitrogens is 2. The van der Waals surface area contributed by atoms with Gasteiger partial charge in [-0.05, 0) is 25.7 Å². The lowest BCUT2D eigenvalue weighted by Gasteiger charge is -2.51. The lowest BCUT2D eigenvalue weighted by Crippen LogP contribution is -2.60. The predicted octanol–water partition coefficient (Wildman–Crippen LogP) is 2.34. The number of likely N-dealkylation sites (tertiary alicyclic amines) is 1. The Hall–Kier alpha value is -0.660. The molecule has 0 unspecified atom stereocenters. The van der Waals surface area contributed by atoms with E-state index in [1.54, 1.807) is 0 Å². The van der Waals surface area contributed by atoms with E-state index in [1.807, 2.05) is 6.33 Å². The highest BCUT2D eigenvalue weighted by molar-refractivity contribution is 8.03. The van der Waals surface area contributed by atoms with Gasteiger partial charge < -0.3 is 9.88 Å². The molecule has 7 heteroatoms. The number of imidazole rings is 1. The maximum atomic E-state index is 13.1. The van der Waals surface area contributed by atoms with Crippen LogP contribution in [-0.4, -0.2) is 74.4 Å². The highest BCUT2D eigenvalue weighted by Crippen LogP contribution is 2.45. The molecule has 5 nitrogen and oxygen atoms in total. The first-order valence-corrected chi connectivity index (χ1v) is 12.3. The maximum Gasteiger partial charge on any atom is 0.226 e. The van der Waals surface area contributed by atoms with E-state index < -0.39 is 0 Å². The van der Waals surface area contributed by atoms with Crippen LogP contribution in [0.1, 0.15) is 37.1 Å². The van der Waals surface area contributed by atoms with Crippen LogP contribution in [0.15, 0.2) is 6.33 Å². The van der Waals surface area contributed by atoms with Crippen molar-refractivity contribution in [2.24, 2.45) is 5.92 Å². The summed E-state index contributed by atoms with van der Waals surface area (Å²) in [5, 5.41) is 0. The van der Waals surface area contributed by atoms with Crippen LogP contribution < -0.4 is 0 Å². The van der Waals surface area contributed by atoms with Gasteiger partial charge in [-0.15, -0.1) is 0 Å². The summed E-state index contributed by atoms with van der Waals surface area (Å²) in [5.41, 5.74) is 2.27. The third-order valence-electron chi connectivity index (χ3n) is 6.59. The van der Waals surface area contributed by atoms with Gasteiger partial charge in [0.25, 0.3) is 0 Å². The summed E-state index contributed by atoms with van der Waals surface area (Å²) in [7, 11) is 0. The number of hydrogen-bond donors (Lipinski definition) is 1. The van der Waals surface area contributed by atoms with E-state index in [0.29, 0.717) is 17.9 Å². The Morgan fingerprint density at radius 2 is 1.88 bits per heavy atom. The Morgan fingerprint density at radius 3 is 2.58 bits per heavy atom. The number of hydrogen-bond acceptors (Lipinski definition) is 5. The number of piperidine rings is 1. The molecule has 3 fully saturated rings. The number of nitrogens with zero attached hydrogens (tertiary/aromatic N) is 3. The smallest absolute Gasteiger partial charge is 0.226 e. The lowest BCUT2D eigenvalue weighted by atomic mass is 9.78. The van der Waals surface area contributed by atoms with Crippen molar-refractivity contribution >= 4 is 29.4 Å². The fourth-order valence-electron chi connectivity index (χ4n) is 4.93. The van der Waals surface area contributed by atoms with Crippen LogP contribution in [0.5, 0.6) is 0 Å². The fraction of sp³-hybridized carbons (Fsp3) is 0.789. The summed E-state index contributed by atoms with van der Waals surface area (Å²) < 4.78 is 0. The van der Waals surface area contributed by atoms with Crippen molar-refractivity contribution in [3.63, 3.8) is 0 Å². The maximum absolute atomic E-state index is 13.1. The van der Waals surface area contributed by atoms with Crippen LogP contribution >= 0.6 is 23.5 Å². The van der Waals surface area contributed by atoms with E-state index in [0.717, 1.165) is 51.7 Å². The number of thioether (sulfide) groups is 2. The highest BCUT2D eigenvalue weighted by Gasteiger charge is 2.51. The number of carbonyl (C=O) groups is 1. The Morgan fingerprint density at radius 1 is 1.15 bits per heavy atom. The summed E-state index contributed by atoms with van der Waals surface area (Å²) in [4.78, 5) is 26.1. The first-order chi connectivity index (χ1) is 12.8. The van der Waals surface area contributed by atoms with E-state index >= 15 is 0 Å². The number of fused-ring (bicyclic) bond motifs is 2. The SMILES string of the molecule is O=C(C1CC1)N1CCc2[nH]cnc2C12CCN(C1CSCCSC1)CC2. The Bertz CT molecular complexity index is 658. The van der Waals surface area contributed by atoms with Crippen LogP contribution in [0.25, 0.3) is 0 Å². The summed E-state index contributed by atoms with van der Waals surface area (Å²) in [6, 6.07) is 0.694. The van der Waals surface area contributed by atoms with Gasteiger partial charge in [-0.1, -0.05) is 0 Å². The largest absolute Gasteiger partial charge is 0.348 e. The molecule has 1 aromatic rings. The highest BCUT2D eigenvalue weighted by atomic mass is 32.2. The van der Waals surface area contributed by atoms with Crippen molar-refractivity contribution in [3.8, 4) is 0 Å². The van der Waals surface area contributed by atoms with Crippen molar-refractivity contribution in [1.82, 2.24) is 19.8 Å². The molecule has 5 rings (SSSR count). The monoisotopic (exact) mass is 392 g/mol. The molecule has 0 radical (unpaired) electrons.